The molecular formula is C110H87BN4. The molecule has 0 amide bonds. The number of hydrogen-bond donors (Lipinski definition) is 0. The Bertz CT molecular complexity index is 6580. The minimum absolute atomic E-state index is 0.0780. The van der Waals surface area contributed by atoms with Crippen molar-refractivity contribution < 1.29 is 0 Å². The van der Waals surface area contributed by atoms with E-state index in [-0.39, 0.29) is 23.0 Å². The van der Waals surface area contributed by atoms with Crippen LogP contribution in [0.15, 0.2) is 364 Å². The van der Waals surface area contributed by atoms with Crippen molar-refractivity contribution in [3.8, 4) is 78.1 Å². The molecule has 0 fully saturated rings. The molecule has 0 saturated carbocycles. The predicted molar refractivity (Wildman–Crippen MR) is 493 cm³/mol. The lowest BCUT2D eigenvalue weighted by atomic mass is 9.33. The maximum atomic E-state index is 2.74. The molecule has 0 radical (unpaired) electrons. The third kappa shape index (κ3) is 11.4. The molecule has 2 aliphatic heterocycles. The van der Waals surface area contributed by atoms with Gasteiger partial charge in [-0.1, -0.05) is 341 Å². The molecule has 21 rings (SSSR count). The minimum Gasteiger partial charge on any atom is -0.310 e. The van der Waals surface area contributed by atoms with E-state index in [0.29, 0.717) is 0 Å². The van der Waals surface area contributed by atoms with Crippen LogP contribution in [0.1, 0.15) is 79.0 Å². The number of anilines is 6. The Hall–Kier alpha value is -13.5. The van der Waals surface area contributed by atoms with Crippen LogP contribution < -0.4 is 26.2 Å². The molecule has 550 valence electrons. The first-order valence-corrected chi connectivity index (χ1v) is 40.7. The van der Waals surface area contributed by atoms with Gasteiger partial charge in [0.25, 0.3) is 6.71 Å². The van der Waals surface area contributed by atoms with Gasteiger partial charge >= 0.3 is 0 Å². The zero-order chi connectivity index (χ0) is 77.8. The summed E-state index contributed by atoms with van der Waals surface area (Å²) in [7, 11) is 0. The van der Waals surface area contributed by atoms with Crippen LogP contribution in [-0.2, 0) is 16.2 Å². The molecule has 0 saturated heterocycles. The molecule has 2 aromatic heterocycles. The summed E-state index contributed by atoms with van der Waals surface area (Å²) in [6.45, 7) is 20.9. The maximum absolute atomic E-state index is 2.74. The Labute approximate surface area is 674 Å². The predicted octanol–water partition coefficient (Wildman–Crippen LogP) is 28.2. The minimum atomic E-state index is -0.377. The van der Waals surface area contributed by atoms with Crippen LogP contribution >= 0.6 is 0 Å². The molecule has 0 aliphatic carbocycles. The first-order chi connectivity index (χ1) is 56.0. The topological polar surface area (TPSA) is 16.3 Å². The summed E-state index contributed by atoms with van der Waals surface area (Å²) in [4.78, 5) is 5.49. The molecule has 19 aromatic rings. The second-order valence-electron chi connectivity index (χ2n) is 34.8. The molecule has 115 heavy (non-hydrogen) atoms. The fourth-order valence-corrected chi connectivity index (χ4v) is 18.9. The van der Waals surface area contributed by atoms with Gasteiger partial charge < -0.3 is 18.9 Å². The molecule has 0 atom stereocenters. The zero-order valence-corrected chi connectivity index (χ0v) is 66.5. The summed E-state index contributed by atoms with van der Waals surface area (Å²) in [6, 6.07) is 139. The largest absolute Gasteiger partial charge is 0.310 e. The molecule has 0 unspecified atom stereocenters. The smallest absolute Gasteiger partial charge is 0.252 e. The van der Waals surface area contributed by atoms with Crippen molar-refractivity contribution in [2.24, 2.45) is 0 Å². The van der Waals surface area contributed by atoms with Crippen molar-refractivity contribution in [3.05, 3.63) is 381 Å². The summed E-state index contributed by atoms with van der Waals surface area (Å²) >= 11 is 0. The highest BCUT2D eigenvalue weighted by molar-refractivity contribution is 7.00. The summed E-state index contributed by atoms with van der Waals surface area (Å²) < 4.78 is 5.19. The van der Waals surface area contributed by atoms with Crippen molar-refractivity contribution in [3.63, 3.8) is 0 Å². The number of fused-ring (bicyclic) bond motifs is 14. The van der Waals surface area contributed by atoms with Crippen LogP contribution in [0, 0.1) is 0 Å². The van der Waals surface area contributed by atoms with Gasteiger partial charge in [-0.2, -0.15) is 0 Å². The van der Waals surface area contributed by atoms with Crippen LogP contribution in [0.4, 0.5) is 34.1 Å². The SMILES string of the molecule is CC(C)(C)c1cc2c3c(c1)N(c1c(-c4ccccc4)cc(-c4ccccc4)cc1-c1ccccc1)c1cc(-n4c5ccc(C(C)(C)C)cc5c5ccc6ccccc6c54)ccc1B3c1ccc(-n3c4ccc(C(C)(C)C)cc4c4ccc5ccccc5c43)cc1N2c1c(-c2ccccc2)cc(-c2ccccc2)cc1-c1ccccc1. The molecule has 0 spiro atoms. The fraction of sp³-hybridized carbons (Fsp3) is 0.109. The second kappa shape index (κ2) is 26.6. The molecule has 0 N–H and O–H groups in total. The highest BCUT2D eigenvalue weighted by atomic mass is 15.2. The number of aromatic nitrogens is 2. The van der Waals surface area contributed by atoms with Gasteiger partial charge in [-0.15, -0.1) is 0 Å². The van der Waals surface area contributed by atoms with Gasteiger partial charge in [0.05, 0.1) is 33.4 Å². The van der Waals surface area contributed by atoms with Crippen LogP contribution in [-0.4, -0.2) is 15.8 Å². The first-order valence-electron chi connectivity index (χ1n) is 40.7. The van der Waals surface area contributed by atoms with Crippen LogP contribution in [0.2, 0.25) is 0 Å². The summed E-state index contributed by atoms with van der Waals surface area (Å²) in [5.74, 6) is 0. The lowest BCUT2D eigenvalue weighted by molar-refractivity contribution is 0.590. The van der Waals surface area contributed by atoms with E-state index in [9.17, 15) is 0 Å². The van der Waals surface area contributed by atoms with E-state index < -0.39 is 0 Å². The molecule has 5 heteroatoms. The first kappa shape index (κ1) is 69.5. The monoisotopic (exact) mass is 1470 g/mol. The van der Waals surface area contributed by atoms with Crippen molar-refractivity contribution in [2.75, 3.05) is 9.80 Å². The number of nitrogens with zero attached hydrogens (tertiary/aromatic N) is 4. The van der Waals surface area contributed by atoms with Crippen molar-refractivity contribution in [1.82, 2.24) is 9.13 Å². The Morgan fingerprint density at radius 1 is 0.226 bits per heavy atom. The van der Waals surface area contributed by atoms with Gasteiger partial charge in [0.15, 0.2) is 0 Å². The van der Waals surface area contributed by atoms with Crippen LogP contribution in [0.3, 0.4) is 0 Å². The second-order valence-corrected chi connectivity index (χ2v) is 34.8. The molecule has 2 aliphatic rings. The molecular weight excluding hydrogens is 1390 g/mol. The third-order valence-electron chi connectivity index (χ3n) is 24.7. The summed E-state index contributed by atoms with van der Waals surface area (Å²) in [6.07, 6.45) is 0. The maximum Gasteiger partial charge on any atom is 0.252 e. The van der Waals surface area contributed by atoms with E-state index in [1.807, 2.05) is 0 Å². The van der Waals surface area contributed by atoms with E-state index in [0.717, 1.165) is 112 Å². The van der Waals surface area contributed by atoms with Gasteiger partial charge in [-0.25, -0.2) is 0 Å². The van der Waals surface area contributed by atoms with Crippen LogP contribution in [0.5, 0.6) is 0 Å². The van der Waals surface area contributed by atoms with Crippen LogP contribution in [0.25, 0.3) is 143 Å². The highest BCUT2D eigenvalue weighted by Crippen LogP contribution is 2.56. The standard InChI is InChI=1S/C110H87BN4/c1-108(2,3)80-50-58-97-93(64-80)87-54-48-76-44-28-30-46-85(76)104(87)112(97)83-52-56-95-99(68-83)114(106-89(72-36-20-12-21-37-72)60-78(70-32-16-10-17-33-70)61-90(106)73-38-22-13-23-39-73)101-66-82(110(7,8)9)67-102-103(101)111(95)96-57-53-84(113-98-59-51-81(109(4,5)6)65-94(98)88-55-49-77-45-29-31-47-86(77)105(88)113)69-100(96)115(102)107-91(74-40-24-14-25-41-74)62-79(71-34-18-11-19-35-71)63-92(107)75-42-26-15-27-43-75/h10-69H,1-9H3. The molecule has 0 bridgehead atoms. The van der Waals surface area contributed by atoms with E-state index in [2.05, 4.69) is 445 Å². The Morgan fingerprint density at radius 3 is 0.887 bits per heavy atom. The average Bonchev–Trinajstić information content (AvgIpc) is 1.09. The Morgan fingerprint density at radius 2 is 0.548 bits per heavy atom. The van der Waals surface area contributed by atoms with Gasteiger partial charge in [0.1, 0.15) is 0 Å². The number of rotatable bonds is 10. The van der Waals surface area contributed by atoms with Crippen molar-refractivity contribution in [2.45, 2.75) is 78.6 Å². The zero-order valence-electron chi connectivity index (χ0n) is 66.5. The molecule has 17 aromatic carbocycles. The van der Waals surface area contributed by atoms with Gasteiger partial charge in [0, 0.05) is 88.7 Å². The van der Waals surface area contributed by atoms with E-state index in [1.54, 1.807) is 0 Å². The van der Waals surface area contributed by atoms with Crippen molar-refractivity contribution in [1.29, 1.82) is 0 Å². The summed E-state index contributed by atoms with van der Waals surface area (Å²) in [5, 5.41) is 9.79. The highest BCUT2D eigenvalue weighted by Gasteiger charge is 2.47. The van der Waals surface area contributed by atoms with Gasteiger partial charge in [-0.05, 0) is 190 Å². The molecule has 4 nitrogen and oxygen atoms in total. The lowest BCUT2D eigenvalue weighted by Crippen LogP contribution is -2.61. The van der Waals surface area contributed by atoms with Gasteiger partial charge in [-0.3, -0.25) is 0 Å². The van der Waals surface area contributed by atoms with E-state index in [4.69, 9.17) is 0 Å². The number of hydrogen-bond acceptors (Lipinski definition) is 2. The number of benzene rings is 17. The molecule has 4 heterocycles. The Balaban J connectivity index is 0.952. The summed E-state index contributed by atoms with van der Waals surface area (Å²) in [5.41, 5.74) is 34.2. The lowest BCUT2D eigenvalue weighted by Gasteiger charge is -2.46. The van der Waals surface area contributed by atoms with E-state index >= 15 is 0 Å². The van der Waals surface area contributed by atoms with E-state index in [1.165, 1.54) is 98.2 Å². The fourth-order valence-electron chi connectivity index (χ4n) is 18.9. The van der Waals surface area contributed by atoms with Crippen molar-refractivity contribution >= 4 is 122 Å². The third-order valence-corrected chi connectivity index (χ3v) is 24.7. The normalized spacial score (nSPS) is 12.9. The van der Waals surface area contributed by atoms with Gasteiger partial charge in [0.2, 0.25) is 0 Å². The average molecular weight is 1480 g/mol. The Kier molecular flexibility index (Phi) is 16.1. The quantitative estimate of drug-likeness (QED) is 0.127.